The van der Waals surface area contributed by atoms with E-state index in [-0.39, 0.29) is 34.5 Å². The molecule has 0 bridgehead atoms. The second kappa shape index (κ2) is 8.84. The van der Waals surface area contributed by atoms with Crippen molar-refractivity contribution in [1.82, 2.24) is 9.78 Å². The molecule has 0 aliphatic carbocycles. The quantitative estimate of drug-likeness (QED) is 0.314. The molecule has 1 N–H and O–H groups in total. The average molecular weight is 495 g/mol. The van der Waals surface area contributed by atoms with Crippen molar-refractivity contribution < 1.29 is 33.0 Å². The van der Waals surface area contributed by atoms with E-state index in [1.807, 2.05) is 0 Å². The first-order chi connectivity index (χ1) is 16.8. The largest absolute Gasteiger partial charge is 0.454 e. The highest BCUT2D eigenvalue weighted by Crippen LogP contribution is 2.37. The third kappa shape index (κ3) is 4.33. The van der Waals surface area contributed by atoms with Crippen LogP contribution in [0.5, 0.6) is 11.5 Å². The Labute approximate surface area is 202 Å². The molecule has 2 aromatic carbocycles. The summed E-state index contributed by atoms with van der Waals surface area (Å²) in [4.78, 5) is 38.0. The smallest absolute Gasteiger partial charge is 0.348 e. The summed E-state index contributed by atoms with van der Waals surface area (Å²) in [6, 6.07) is 10.5. The van der Waals surface area contributed by atoms with Gasteiger partial charge in [0.2, 0.25) is 6.79 Å². The number of Topliss-reactive ketones (excluding diaryl/α,β-unsaturated/α-hetero) is 1. The van der Waals surface area contributed by atoms with Gasteiger partial charge >= 0.3 is 5.97 Å². The number of halogens is 1. The Morgan fingerprint density at radius 3 is 2.57 bits per heavy atom. The number of rotatable bonds is 6. The molecule has 2 aromatic heterocycles. The fraction of sp³-hybridized carbons (Fsp3) is 0.167. The molecule has 0 saturated heterocycles. The Morgan fingerprint density at radius 1 is 1.14 bits per heavy atom. The van der Waals surface area contributed by atoms with E-state index < -0.39 is 18.5 Å². The molecule has 0 atom stereocenters. The topological polar surface area (TPSA) is 109 Å². The summed E-state index contributed by atoms with van der Waals surface area (Å²) in [5.74, 6) is -1.11. The number of fused-ring (bicyclic) bond motifs is 2. The van der Waals surface area contributed by atoms with E-state index in [1.165, 1.54) is 31.2 Å². The third-order valence-corrected chi connectivity index (χ3v) is 6.41. The van der Waals surface area contributed by atoms with Gasteiger partial charge in [0.1, 0.15) is 15.5 Å². The van der Waals surface area contributed by atoms with Crippen LogP contribution in [0.15, 0.2) is 42.5 Å². The SMILES string of the molecule is CC(=O)c1cc2c(cc1NC(=O)COC(=O)c1cc3c(C)nn(-c4ccc(F)cc4)c3s1)OCO2. The molecule has 0 spiro atoms. The predicted molar refractivity (Wildman–Crippen MR) is 125 cm³/mol. The Hall–Kier alpha value is -4.25. The van der Waals surface area contributed by atoms with Gasteiger partial charge in [0.05, 0.1) is 17.1 Å². The number of hydrogen-bond acceptors (Lipinski definition) is 8. The number of aryl methyl sites for hydroxylation is 1. The standard InChI is InChI=1S/C24H18FN3O6S/c1-12-16-8-21(35-23(16)28(27-12)15-5-3-14(25)4-6-15)24(31)32-10-22(30)26-18-9-20-19(33-11-34-20)7-17(18)13(2)29/h3-9H,10-11H2,1-2H3,(H,26,30). The van der Waals surface area contributed by atoms with Crippen molar-refractivity contribution in [2.24, 2.45) is 0 Å². The highest BCUT2D eigenvalue weighted by atomic mass is 32.1. The van der Waals surface area contributed by atoms with E-state index in [0.717, 1.165) is 16.7 Å². The van der Waals surface area contributed by atoms with Crippen LogP contribution in [0.3, 0.4) is 0 Å². The molecule has 4 aromatic rings. The van der Waals surface area contributed by atoms with Crippen LogP contribution in [0.4, 0.5) is 10.1 Å². The van der Waals surface area contributed by atoms with Crippen LogP contribution in [0.25, 0.3) is 15.9 Å². The molecule has 0 unspecified atom stereocenters. The first kappa shape index (κ1) is 22.5. The Kier molecular flexibility index (Phi) is 5.69. The highest BCUT2D eigenvalue weighted by molar-refractivity contribution is 7.20. The number of ether oxygens (including phenoxy) is 3. The summed E-state index contributed by atoms with van der Waals surface area (Å²) in [5.41, 5.74) is 1.83. The summed E-state index contributed by atoms with van der Waals surface area (Å²) >= 11 is 1.15. The molecule has 3 heterocycles. The van der Waals surface area contributed by atoms with Crippen molar-refractivity contribution in [2.75, 3.05) is 18.7 Å². The number of carbonyl (C=O) groups is 3. The molecule has 11 heteroatoms. The number of amides is 1. The van der Waals surface area contributed by atoms with Crippen LogP contribution in [-0.4, -0.2) is 40.8 Å². The fourth-order valence-corrected chi connectivity index (χ4v) is 4.71. The van der Waals surface area contributed by atoms with Gasteiger partial charge in [0, 0.05) is 17.0 Å². The Bertz CT molecular complexity index is 1490. The summed E-state index contributed by atoms with van der Waals surface area (Å²) in [5, 5.41) is 7.79. The van der Waals surface area contributed by atoms with Crippen molar-refractivity contribution in [2.45, 2.75) is 13.8 Å². The summed E-state index contributed by atoms with van der Waals surface area (Å²) in [7, 11) is 0. The number of nitrogens with zero attached hydrogens (tertiary/aromatic N) is 2. The normalized spacial score (nSPS) is 12.1. The lowest BCUT2D eigenvalue weighted by Gasteiger charge is -2.10. The van der Waals surface area contributed by atoms with Gasteiger partial charge in [-0.05, 0) is 50.2 Å². The monoisotopic (exact) mass is 495 g/mol. The second-order valence-corrected chi connectivity index (χ2v) is 8.77. The zero-order chi connectivity index (χ0) is 24.7. The molecule has 0 radical (unpaired) electrons. The molecule has 1 aliphatic rings. The van der Waals surface area contributed by atoms with Crippen LogP contribution in [0.1, 0.15) is 32.6 Å². The Morgan fingerprint density at radius 2 is 1.86 bits per heavy atom. The van der Waals surface area contributed by atoms with Gasteiger partial charge in [0.15, 0.2) is 23.9 Å². The number of benzene rings is 2. The molecule has 0 fully saturated rings. The van der Waals surface area contributed by atoms with Gasteiger partial charge in [-0.1, -0.05) is 0 Å². The minimum absolute atomic E-state index is 0.0231. The van der Waals surface area contributed by atoms with Gasteiger partial charge in [-0.3, -0.25) is 9.59 Å². The van der Waals surface area contributed by atoms with E-state index in [0.29, 0.717) is 27.7 Å². The maximum Gasteiger partial charge on any atom is 0.348 e. The van der Waals surface area contributed by atoms with Gasteiger partial charge in [0.25, 0.3) is 5.91 Å². The molecule has 5 rings (SSSR count). The van der Waals surface area contributed by atoms with Crippen molar-refractivity contribution >= 4 is 44.9 Å². The van der Waals surface area contributed by atoms with Crippen LogP contribution in [0, 0.1) is 12.7 Å². The molecule has 9 nitrogen and oxygen atoms in total. The Balaban J connectivity index is 1.30. The first-order valence-electron chi connectivity index (χ1n) is 10.5. The van der Waals surface area contributed by atoms with E-state index >= 15 is 0 Å². The van der Waals surface area contributed by atoms with Crippen LogP contribution in [-0.2, 0) is 9.53 Å². The van der Waals surface area contributed by atoms with E-state index in [1.54, 1.807) is 29.8 Å². The fourth-order valence-electron chi connectivity index (χ4n) is 3.63. The second-order valence-electron chi connectivity index (χ2n) is 7.73. The van der Waals surface area contributed by atoms with Gasteiger partial charge in [-0.25, -0.2) is 13.9 Å². The molecule has 0 saturated carbocycles. The first-order valence-corrected chi connectivity index (χ1v) is 11.3. The number of anilines is 1. The van der Waals surface area contributed by atoms with Crippen molar-refractivity contribution in [3.63, 3.8) is 0 Å². The molecule has 178 valence electrons. The van der Waals surface area contributed by atoms with Gasteiger partial charge in [-0.15, -0.1) is 11.3 Å². The minimum atomic E-state index is -0.677. The lowest BCUT2D eigenvalue weighted by atomic mass is 10.1. The minimum Gasteiger partial charge on any atom is -0.454 e. The number of aromatic nitrogens is 2. The molecular weight excluding hydrogens is 477 g/mol. The van der Waals surface area contributed by atoms with Crippen LogP contribution < -0.4 is 14.8 Å². The molecular formula is C24H18FN3O6S. The number of ketones is 1. The van der Waals surface area contributed by atoms with E-state index in [4.69, 9.17) is 14.2 Å². The summed E-state index contributed by atoms with van der Waals surface area (Å²) in [6.45, 7) is 2.64. The number of carbonyl (C=O) groups excluding carboxylic acids is 3. The maximum atomic E-state index is 13.3. The van der Waals surface area contributed by atoms with Crippen LogP contribution in [0.2, 0.25) is 0 Å². The lowest BCUT2D eigenvalue weighted by molar-refractivity contribution is -0.119. The summed E-state index contributed by atoms with van der Waals surface area (Å²) in [6.07, 6.45) is 0. The van der Waals surface area contributed by atoms with Gasteiger partial charge < -0.3 is 19.5 Å². The zero-order valence-corrected chi connectivity index (χ0v) is 19.4. The van der Waals surface area contributed by atoms with Crippen LogP contribution >= 0.6 is 11.3 Å². The lowest BCUT2D eigenvalue weighted by Crippen LogP contribution is -2.21. The number of hydrogen-bond donors (Lipinski definition) is 1. The molecule has 35 heavy (non-hydrogen) atoms. The summed E-state index contributed by atoms with van der Waals surface area (Å²) < 4.78 is 30.7. The van der Waals surface area contributed by atoms with Crippen molar-refractivity contribution in [1.29, 1.82) is 0 Å². The zero-order valence-electron chi connectivity index (χ0n) is 18.6. The predicted octanol–water partition coefficient (Wildman–Crippen LogP) is 4.26. The highest BCUT2D eigenvalue weighted by Gasteiger charge is 2.22. The van der Waals surface area contributed by atoms with Crippen molar-refractivity contribution in [3.05, 3.63) is 64.4 Å². The number of esters is 1. The number of nitrogens with one attached hydrogen (secondary N) is 1. The maximum absolute atomic E-state index is 13.3. The van der Waals surface area contributed by atoms with Crippen molar-refractivity contribution in [3.8, 4) is 17.2 Å². The van der Waals surface area contributed by atoms with Gasteiger partial charge in [-0.2, -0.15) is 5.10 Å². The molecule has 1 amide bonds. The van der Waals surface area contributed by atoms with E-state index in [2.05, 4.69) is 10.4 Å². The third-order valence-electron chi connectivity index (χ3n) is 5.32. The average Bonchev–Trinajstić information content (AvgIpc) is 3.54. The van der Waals surface area contributed by atoms with E-state index in [9.17, 15) is 18.8 Å². The molecule has 1 aliphatic heterocycles. The number of thiophene rings is 1.